The quantitative estimate of drug-likeness (QED) is 0.689. The predicted octanol–water partition coefficient (Wildman–Crippen LogP) is 4.57. The molecule has 0 radical (unpaired) electrons. The Bertz CT molecular complexity index is 643. The monoisotopic (exact) mass is 408 g/mol. The van der Waals surface area contributed by atoms with E-state index in [1.54, 1.807) is 12.1 Å². The zero-order valence-electron chi connectivity index (χ0n) is 11.3. The van der Waals surface area contributed by atoms with E-state index in [9.17, 15) is 4.39 Å². The van der Waals surface area contributed by atoms with Crippen LogP contribution in [0.3, 0.4) is 0 Å². The van der Waals surface area contributed by atoms with E-state index in [1.165, 1.54) is 11.5 Å². The molecule has 3 rings (SSSR count). The maximum Gasteiger partial charge on any atom is 0.139 e. The predicted molar refractivity (Wildman–Crippen MR) is 95.4 cm³/mol. The van der Waals surface area contributed by atoms with Crippen LogP contribution in [0.25, 0.3) is 11.0 Å². The Morgan fingerprint density at radius 2 is 2.29 bits per heavy atom. The van der Waals surface area contributed by atoms with Crippen LogP contribution in [-0.2, 0) is 13.0 Å². The van der Waals surface area contributed by atoms with Gasteiger partial charge in [-0.05, 0) is 22.0 Å². The summed E-state index contributed by atoms with van der Waals surface area (Å²) in [5.74, 6) is 4.79. The Hall–Kier alpha value is 0.0900. The fourth-order valence-electron chi connectivity index (χ4n) is 2.49. The highest BCUT2D eigenvalue weighted by Gasteiger charge is 2.19. The molecule has 1 unspecified atom stereocenters. The zero-order chi connectivity index (χ0) is 14.8. The van der Waals surface area contributed by atoms with E-state index < -0.39 is 0 Å². The number of benzene rings is 1. The van der Waals surface area contributed by atoms with Gasteiger partial charge >= 0.3 is 0 Å². The molecule has 0 amide bonds. The molecular formula is C14H15BrClFN2S2. The fourth-order valence-corrected chi connectivity index (χ4v) is 5.65. The number of aromatic nitrogens is 2. The third kappa shape index (κ3) is 3.54. The first-order chi connectivity index (χ1) is 10.2. The molecule has 0 aliphatic carbocycles. The number of aryl methyl sites for hydroxylation is 1. The number of hydrogen-bond acceptors (Lipinski definition) is 3. The molecule has 2 nitrogen and oxygen atoms in total. The van der Waals surface area contributed by atoms with Gasteiger partial charge in [-0.25, -0.2) is 9.37 Å². The fraction of sp³-hybridized carbons (Fsp3) is 0.500. The van der Waals surface area contributed by atoms with Crippen molar-refractivity contribution < 1.29 is 4.39 Å². The number of imidazole rings is 1. The highest BCUT2D eigenvalue weighted by atomic mass is 79.9. The summed E-state index contributed by atoms with van der Waals surface area (Å²) < 4.78 is 16.5. The first-order valence-electron chi connectivity index (χ1n) is 6.78. The van der Waals surface area contributed by atoms with E-state index in [2.05, 4.69) is 25.5 Å². The maximum atomic E-state index is 13.9. The van der Waals surface area contributed by atoms with Crippen molar-refractivity contribution in [1.82, 2.24) is 9.55 Å². The molecule has 1 aromatic carbocycles. The highest BCUT2D eigenvalue weighted by Crippen LogP contribution is 2.29. The van der Waals surface area contributed by atoms with Crippen LogP contribution in [-0.4, -0.2) is 37.9 Å². The van der Waals surface area contributed by atoms with E-state index in [0.717, 1.165) is 29.2 Å². The molecule has 1 aliphatic rings. The lowest BCUT2D eigenvalue weighted by Crippen LogP contribution is -2.21. The van der Waals surface area contributed by atoms with Gasteiger partial charge in [0.2, 0.25) is 0 Å². The lowest BCUT2D eigenvalue weighted by atomic mass is 10.3. The normalized spacial score (nSPS) is 19.3. The minimum absolute atomic E-state index is 0.244. The lowest BCUT2D eigenvalue weighted by Gasteiger charge is -2.22. The van der Waals surface area contributed by atoms with E-state index >= 15 is 0 Å². The van der Waals surface area contributed by atoms with Gasteiger partial charge in [-0.15, -0.1) is 11.6 Å². The summed E-state index contributed by atoms with van der Waals surface area (Å²) in [7, 11) is 0. The van der Waals surface area contributed by atoms with Crippen LogP contribution < -0.4 is 0 Å². The second-order valence-corrected chi connectivity index (χ2v) is 8.69. The smallest absolute Gasteiger partial charge is 0.139 e. The Morgan fingerprint density at radius 1 is 1.43 bits per heavy atom. The molecule has 7 heteroatoms. The summed E-state index contributed by atoms with van der Waals surface area (Å²) >= 11 is 13.1. The maximum absolute atomic E-state index is 13.9. The first-order valence-corrected chi connectivity index (χ1v) is 10.3. The highest BCUT2D eigenvalue weighted by molar-refractivity contribution is 9.10. The molecule has 1 fully saturated rings. The van der Waals surface area contributed by atoms with Crippen LogP contribution in [0.5, 0.6) is 0 Å². The molecule has 0 bridgehead atoms. The van der Waals surface area contributed by atoms with Gasteiger partial charge < -0.3 is 4.57 Å². The molecule has 1 aliphatic heterocycles. The van der Waals surface area contributed by atoms with Gasteiger partial charge in [-0.3, -0.25) is 0 Å². The number of rotatable bonds is 4. The van der Waals surface area contributed by atoms with E-state index in [-0.39, 0.29) is 5.82 Å². The average Bonchev–Trinajstić information content (AvgIpc) is 2.79. The third-order valence-electron chi connectivity index (χ3n) is 3.46. The van der Waals surface area contributed by atoms with E-state index in [1.807, 2.05) is 23.5 Å². The van der Waals surface area contributed by atoms with Gasteiger partial charge in [0, 0.05) is 47.4 Å². The largest absolute Gasteiger partial charge is 0.327 e. The zero-order valence-corrected chi connectivity index (χ0v) is 15.3. The van der Waals surface area contributed by atoms with Gasteiger partial charge in [-0.2, -0.15) is 23.5 Å². The Labute approximate surface area is 145 Å². The minimum atomic E-state index is -0.244. The van der Waals surface area contributed by atoms with E-state index in [4.69, 9.17) is 11.6 Å². The van der Waals surface area contributed by atoms with Gasteiger partial charge in [0.1, 0.15) is 11.6 Å². The molecule has 114 valence electrons. The first kappa shape index (κ1) is 16.0. The van der Waals surface area contributed by atoms with Crippen LogP contribution in [0.2, 0.25) is 0 Å². The molecule has 1 atom stereocenters. The molecule has 21 heavy (non-hydrogen) atoms. The molecular weight excluding hydrogens is 395 g/mol. The van der Waals surface area contributed by atoms with Crippen LogP contribution in [0.4, 0.5) is 4.39 Å². The molecule has 1 saturated heterocycles. The third-order valence-corrected chi connectivity index (χ3v) is 7.08. The van der Waals surface area contributed by atoms with Crippen molar-refractivity contribution in [2.45, 2.75) is 18.2 Å². The average molecular weight is 410 g/mol. The molecule has 0 N–H and O–H groups in total. The molecule has 0 saturated carbocycles. The van der Waals surface area contributed by atoms with Gasteiger partial charge in [0.15, 0.2) is 0 Å². The summed E-state index contributed by atoms with van der Waals surface area (Å²) in [4.78, 5) is 4.64. The number of alkyl halides is 1. The summed E-state index contributed by atoms with van der Waals surface area (Å²) in [5.41, 5.74) is 1.70. The second kappa shape index (κ2) is 7.11. The SMILES string of the molecule is Fc1cc2c(cc1Br)nc(CCCl)n2CC1CSCCS1. The summed E-state index contributed by atoms with van der Waals surface area (Å²) in [6.45, 7) is 0.876. The van der Waals surface area contributed by atoms with Crippen molar-refractivity contribution >= 4 is 62.1 Å². The van der Waals surface area contributed by atoms with Crippen molar-refractivity contribution in [3.63, 3.8) is 0 Å². The molecule has 0 spiro atoms. The number of nitrogens with zero attached hydrogens (tertiary/aromatic N) is 2. The molecule has 1 aromatic heterocycles. The van der Waals surface area contributed by atoms with Crippen molar-refractivity contribution in [3.8, 4) is 0 Å². The number of thioether (sulfide) groups is 2. The standard InChI is InChI=1S/C14H15BrClFN2S2/c15-10-5-12-13(6-11(10)17)19(14(18-12)1-2-16)7-9-8-20-3-4-21-9/h5-6,9H,1-4,7-8H2. The van der Waals surface area contributed by atoms with Crippen LogP contribution >= 0.6 is 51.1 Å². The van der Waals surface area contributed by atoms with Crippen LogP contribution in [0.1, 0.15) is 5.82 Å². The number of halogens is 3. The topological polar surface area (TPSA) is 17.8 Å². The van der Waals surface area contributed by atoms with Crippen molar-refractivity contribution in [1.29, 1.82) is 0 Å². The summed E-state index contributed by atoms with van der Waals surface area (Å²) in [5, 5.41) is 0.557. The summed E-state index contributed by atoms with van der Waals surface area (Å²) in [6.07, 6.45) is 0.708. The van der Waals surface area contributed by atoms with Crippen LogP contribution in [0.15, 0.2) is 16.6 Å². The number of fused-ring (bicyclic) bond motifs is 1. The lowest BCUT2D eigenvalue weighted by molar-refractivity contribution is 0.619. The molecule has 2 heterocycles. The minimum Gasteiger partial charge on any atom is -0.327 e. The van der Waals surface area contributed by atoms with Crippen molar-refractivity contribution in [2.75, 3.05) is 23.1 Å². The van der Waals surface area contributed by atoms with Gasteiger partial charge in [-0.1, -0.05) is 0 Å². The van der Waals surface area contributed by atoms with Crippen LogP contribution in [0, 0.1) is 5.82 Å². The molecule has 2 aromatic rings. The van der Waals surface area contributed by atoms with Gasteiger partial charge in [0.05, 0.1) is 15.5 Å². The van der Waals surface area contributed by atoms with Crippen molar-refractivity contribution in [3.05, 3.63) is 28.2 Å². The van der Waals surface area contributed by atoms with Gasteiger partial charge in [0.25, 0.3) is 0 Å². The number of hydrogen-bond donors (Lipinski definition) is 0. The van der Waals surface area contributed by atoms with E-state index in [0.29, 0.717) is 22.0 Å². The summed E-state index contributed by atoms with van der Waals surface area (Å²) in [6, 6.07) is 3.33. The van der Waals surface area contributed by atoms with Crippen molar-refractivity contribution in [2.24, 2.45) is 0 Å². The Kier molecular flexibility index (Phi) is 5.41. The second-order valence-electron chi connectivity index (χ2n) is 4.90. The Balaban J connectivity index is 2.00. The Morgan fingerprint density at radius 3 is 3.00 bits per heavy atom.